The van der Waals surface area contributed by atoms with Crippen LogP contribution in [-0.4, -0.2) is 101 Å². The normalized spacial score (nSPS) is 49.1. The molecule has 1 aromatic rings. The van der Waals surface area contributed by atoms with Gasteiger partial charge < -0.3 is 44.0 Å². The topological polar surface area (TPSA) is 189 Å². The average molecular weight is 749 g/mol. The van der Waals surface area contributed by atoms with Crippen molar-refractivity contribution in [3.05, 3.63) is 48.0 Å². The predicted molar refractivity (Wildman–Crippen MR) is 188 cm³/mol. The number of furan rings is 1. The Labute approximate surface area is 314 Å². The maximum absolute atomic E-state index is 15.1. The van der Waals surface area contributed by atoms with Gasteiger partial charge in [0.1, 0.15) is 30.2 Å². The fourth-order valence-corrected chi connectivity index (χ4v) is 14.1. The van der Waals surface area contributed by atoms with Crippen molar-refractivity contribution in [3.8, 4) is 0 Å². The van der Waals surface area contributed by atoms with Crippen molar-refractivity contribution in [2.45, 2.75) is 113 Å². The number of hydrogen-bond acceptors (Lipinski definition) is 13. The smallest absolute Gasteiger partial charge is 0.339 e. The summed E-state index contributed by atoms with van der Waals surface area (Å²) in [4.78, 5) is 42.0. The van der Waals surface area contributed by atoms with E-state index in [1.807, 2.05) is 39.0 Å². The van der Waals surface area contributed by atoms with E-state index in [1.165, 1.54) is 0 Å². The first-order valence-corrected chi connectivity index (χ1v) is 19.9. The van der Waals surface area contributed by atoms with Gasteiger partial charge >= 0.3 is 11.9 Å². The third-order valence-corrected chi connectivity index (χ3v) is 16.4. The minimum absolute atomic E-state index is 0.00104. The van der Waals surface area contributed by atoms with Crippen molar-refractivity contribution in [1.82, 2.24) is 10.6 Å². The van der Waals surface area contributed by atoms with E-state index in [-0.39, 0.29) is 42.5 Å². The number of allylic oxidation sites excluding steroid dienone is 2. The van der Waals surface area contributed by atoms with Gasteiger partial charge in [-0.1, -0.05) is 31.2 Å². The largest absolute Gasteiger partial charge is 0.469 e. The molecule has 5 aliphatic heterocycles. The number of aliphatic hydroxyl groups is 3. The highest BCUT2D eigenvalue weighted by atomic mass is 16.7. The zero-order chi connectivity index (χ0) is 37.6. The van der Waals surface area contributed by atoms with Crippen LogP contribution in [0.2, 0.25) is 0 Å². The molecule has 5 N–H and O–H groups in total. The van der Waals surface area contributed by atoms with E-state index in [1.54, 1.807) is 6.26 Å². The molecule has 7 fully saturated rings. The number of epoxide rings is 1. The van der Waals surface area contributed by atoms with E-state index >= 15 is 4.79 Å². The molecule has 5 aliphatic carbocycles. The molecule has 11 rings (SSSR count). The molecular weight excluding hydrogens is 696 g/mol. The van der Waals surface area contributed by atoms with Gasteiger partial charge in [-0.15, -0.1) is 0 Å². The molecule has 4 spiro atoms. The van der Waals surface area contributed by atoms with E-state index in [2.05, 4.69) is 22.8 Å². The number of hydrogen-bond donors (Lipinski definition) is 5. The number of aliphatic hydroxyl groups excluding tert-OH is 3. The summed E-state index contributed by atoms with van der Waals surface area (Å²) >= 11 is 0. The van der Waals surface area contributed by atoms with E-state index in [4.69, 9.17) is 23.4 Å². The highest BCUT2D eigenvalue weighted by Gasteiger charge is 2.94. The lowest BCUT2D eigenvalue weighted by atomic mass is 9.33. The second-order valence-corrected chi connectivity index (χ2v) is 18.5. The Kier molecular flexibility index (Phi) is 7.61. The fourth-order valence-electron chi connectivity index (χ4n) is 14.1. The first-order valence-electron chi connectivity index (χ1n) is 19.9. The number of ketones is 1. The number of carbonyl (C=O) groups is 3. The van der Waals surface area contributed by atoms with Crippen LogP contribution in [0.5, 0.6) is 0 Å². The average Bonchev–Trinajstić information content (AvgIpc) is 3.42. The molecule has 0 amide bonds. The first kappa shape index (κ1) is 35.5. The highest BCUT2D eigenvalue weighted by molar-refractivity contribution is 5.97. The predicted octanol–water partition coefficient (Wildman–Crippen LogP) is 2.03. The minimum Gasteiger partial charge on any atom is -0.469 e. The van der Waals surface area contributed by atoms with Crippen molar-refractivity contribution in [3.63, 3.8) is 0 Å². The van der Waals surface area contributed by atoms with Crippen molar-refractivity contribution in [1.29, 1.82) is 0 Å². The number of ether oxygens (including phenoxy) is 4. The van der Waals surface area contributed by atoms with Crippen LogP contribution in [-0.2, 0) is 39.8 Å². The summed E-state index contributed by atoms with van der Waals surface area (Å²) in [6, 6.07) is 2.18. The summed E-state index contributed by atoms with van der Waals surface area (Å²) in [6.07, 6.45) is 8.37. The molecule has 0 aromatic carbocycles. The summed E-state index contributed by atoms with van der Waals surface area (Å²) in [5.41, 5.74) is -6.03. The lowest BCUT2D eigenvalue weighted by Gasteiger charge is -2.68. The molecule has 292 valence electrons. The fraction of sp³-hybridized carbons (Fsp3) is 0.732. The van der Waals surface area contributed by atoms with Crippen molar-refractivity contribution in [2.75, 3.05) is 26.4 Å². The summed E-state index contributed by atoms with van der Waals surface area (Å²) < 4.78 is 31.8. The molecule has 15 unspecified atom stereocenters. The SMILES string of the molecule is CC1(C)OC2CC(=O)OCC23C2CCC4(C)C(c5ccoc5CC(C(O)CO)C5C=CC(C6CNCN6)CC5)OC(=O)C5OC54C24CC=CC13C(=O)C4O. The van der Waals surface area contributed by atoms with Gasteiger partial charge in [-0.25, -0.2) is 4.79 Å². The molecule has 2 saturated carbocycles. The zero-order valence-corrected chi connectivity index (χ0v) is 31.1. The molecule has 5 saturated heterocycles. The van der Waals surface area contributed by atoms with Gasteiger partial charge in [0, 0.05) is 48.0 Å². The lowest BCUT2D eigenvalue weighted by Crippen LogP contribution is -2.79. The summed E-state index contributed by atoms with van der Waals surface area (Å²) in [7, 11) is 0. The quantitative estimate of drug-likeness (QED) is 0.155. The maximum Gasteiger partial charge on any atom is 0.339 e. The zero-order valence-electron chi connectivity index (χ0n) is 31.1. The van der Waals surface area contributed by atoms with Crippen molar-refractivity contribution in [2.24, 2.45) is 45.3 Å². The van der Waals surface area contributed by atoms with Crippen LogP contribution in [0.4, 0.5) is 0 Å². The Morgan fingerprint density at radius 3 is 2.61 bits per heavy atom. The summed E-state index contributed by atoms with van der Waals surface area (Å²) in [5, 5.41) is 40.9. The molecule has 13 nitrogen and oxygen atoms in total. The van der Waals surface area contributed by atoms with Gasteiger partial charge in [0.25, 0.3) is 0 Å². The van der Waals surface area contributed by atoms with Crippen molar-refractivity contribution >= 4 is 17.7 Å². The Balaban J connectivity index is 1.03. The first-order chi connectivity index (χ1) is 25.8. The number of cyclic esters (lactones) is 2. The molecule has 2 bridgehead atoms. The van der Waals surface area contributed by atoms with E-state index in [0.717, 1.165) is 26.1 Å². The Morgan fingerprint density at radius 1 is 1.04 bits per heavy atom. The Hall–Kier alpha value is -2.91. The Morgan fingerprint density at radius 2 is 1.87 bits per heavy atom. The van der Waals surface area contributed by atoms with Crippen LogP contribution >= 0.6 is 0 Å². The van der Waals surface area contributed by atoms with Gasteiger partial charge in [0.15, 0.2) is 11.9 Å². The number of Topliss-reactive ketones (excluding diaryl/α,β-unsaturated/α-hetero) is 1. The van der Waals surface area contributed by atoms with Gasteiger partial charge in [0.2, 0.25) is 0 Å². The van der Waals surface area contributed by atoms with Crippen LogP contribution in [0.3, 0.4) is 0 Å². The molecule has 15 atom stereocenters. The lowest BCUT2D eigenvalue weighted by molar-refractivity contribution is -0.262. The van der Waals surface area contributed by atoms with Gasteiger partial charge in [0.05, 0.1) is 47.9 Å². The molecule has 54 heavy (non-hydrogen) atoms. The van der Waals surface area contributed by atoms with Gasteiger partial charge in [-0.2, -0.15) is 0 Å². The van der Waals surface area contributed by atoms with E-state index in [9.17, 15) is 24.9 Å². The second kappa shape index (κ2) is 11.6. The monoisotopic (exact) mass is 748 g/mol. The number of rotatable bonds is 7. The Bertz CT molecular complexity index is 1830. The molecule has 1 aromatic heterocycles. The number of esters is 2. The van der Waals surface area contributed by atoms with Gasteiger partial charge in [-0.05, 0) is 69.8 Å². The van der Waals surface area contributed by atoms with Crippen LogP contribution in [0.25, 0.3) is 0 Å². The van der Waals surface area contributed by atoms with Crippen LogP contribution < -0.4 is 10.6 Å². The molecule has 6 heterocycles. The van der Waals surface area contributed by atoms with Crippen LogP contribution in [0.1, 0.15) is 76.7 Å². The molecule has 0 radical (unpaired) electrons. The van der Waals surface area contributed by atoms with Crippen LogP contribution in [0, 0.1) is 45.3 Å². The molecule has 13 heteroatoms. The summed E-state index contributed by atoms with van der Waals surface area (Å²) in [6.45, 7) is 7.06. The third kappa shape index (κ3) is 4.02. The van der Waals surface area contributed by atoms with Crippen LogP contribution in [0.15, 0.2) is 41.1 Å². The number of nitrogens with one attached hydrogen (secondary N) is 2. The molecule has 10 aliphatic rings. The third-order valence-electron chi connectivity index (χ3n) is 16.4. The van der Waals surface area contributed by atoms with E-state index in [0.29, 0.717) is 49.0 Å². The highest BCUT2D eigenvalue weighted by Crippen LogP contribution is 2.84. The summed E-state index contributed by atoms with van der Waals surface area (Å²) in [5.74, 6) is -1.13. The number of carbonyl (C=O) groups excluding carboxylic acids is 3. The van der Waals surface area contributed by atoms with Gasteiger partial charge in [-0.3, -0.25) is 14.9 Å². The minimum atomic E-state index is -1.48. The molecular formula is C41H52N2O11. The standard InChI is InChI=1S/C41H52N2O11/c1-36(2)40-12-4-11-38(31(47)32(40)48)28(39(40)19-51-30(46)16-29(39)53-36)9-13-37(3)33(52-35(49)34-41(37,38)54-34)23-10-14-50-27(23)15-24(26(45)18-44)21-5-7-22(8-6-21)25-17-42-20-43-25/h4-5,7,10,12,14,21-22,24-26,28-29,31,33-34,42-45,47H,6,8-9,11,13,15-20H2,1-3H3. The second-order valence-electron chi connectivity index (χ2n) is 18.5. The van der Waals surface area contributed by atoms with E-state index < -0.39 is 76.0 Å². The number of fused-ring (bicyclic) bond motifs is 2. The maximum atomic E-state index is 15.1. The van der Waals surface area contributed by atoms with Crippen molar-refractivity contribution < 1.29 is 53.1 Å².